The summed E-state index contributed by atoms with van der Waals surface area (Å²) in [5.74, 6) is 5.45. The average molecular weight is 252 g/mol. The topological polar surface area (TPSA) is 47.3 Å². The van der Waals surface area contributed by atoms with Crippen LogP contribution in [0.25, 0.3) is 0 Å². The fraction of sp³-hybridized carbons (Fsp3) is 0.571. The van der Waals surface area contributed by atoms with Gasteiger partial charge in [0.2, 0.25) is 0 Å². The summed E-state index contributed by atoms with van der Waals surface area (Å²) in [6, 6.07) is 6.74. The van der Waals surface area contributed by atoms with Gasteiger partial charge in [0.1, 0.15) is 5.82 Å². The average Bonchev–Trinajstić information content (AvgIpc) is 2.38. The highest BCUT2D eigenvalue weighted by atomic mass is 19.1. The van der Waals surface area contributed by atoms with Gasteiger partial charge in [0.15, 0.2) is 0 Å². The number of hydrogen-bond donors (Lipinski definition) is 2. The van der Waals surface area contributed by atoms with Gasteiger partial charge in [-0.15, -0.1) is 0 Å². The minimum absolute atomic E-state index is 0.0744. The molecule has 3 nitrogen and oxygen atoms in total. The third kappa shape index (κ3) is 2.88. The molecule has 0 spiro atoms. The molecular weight excluding hydrogens is 231 g/mol. The van der Waals surface area contributed by atoms with E-state index in [2.05, 4.69) is 12.3 Å². The van der Waals surface area contributed by atoms with Crippen LogP contribution < -0.4 is 11.3 Å². The molecule has 1 saturated heterocycles. The molecular formula is C14H21FN2O. The van der Waals surface area contributed by atoms with E-state index in [0.717, 1.165) is 25.9 Å². The van der Waals surface area contributed by atoms with E-state index in [0.29, 0.717) is 12.0 Å². The Bertz CT molecular complexity index is 391. The van der Waals surface area contributed by atoms with Crippen molar-refractivity contribution in [3.8, 4) is 0 Å². The van der Waals surface area contributed by atoms with Crippen LogP contribution in [0.1, 0.15) is 31.7 Å². The summed E-state index contributed by atoms with van der Waals surface area (Å²) in [5, 5.41) is 0. The number of nitrogens with one attached hydrogen (secondary N) is 1. The molecule has 0 aromatic heterocycles. The van der Waals surface area contributed by atoms with Gasteiger partial charge in [-0.1, -0.05) is 18.2 Å². The molecule has 2 atom stereocenters. The molecule has 0 saturated carbocycles. The monoisotopic (exact) mass is 252 g/mol. The van der Waals surface area contributed by atoms with Gasteiger partial charge in [-0.2, -0.15) is 0 Å². The Hall–Kier alpha value is -0.970. The standard InChI is InChI=1S/C14H21FN2O/c1-14(8-4-5-9-18-14)13(17-16)10-11-6-2-3-7-12(11)15/h2-3,6-7,13,17H,4-5,8-10,16H2,1H3. The van der Waals surface area contributed by atoms with E-state index < -0.39 is 0 Å². The van der Waals surface area contributed by atoms with Crippen LogP contribution in [0.5, 0.6) is 0 Å². The van der Waals surface area contributed by atoms with Gasteiger partial charge in [-0.3, -0.25) is 11.3 Å². The van der Waals surface area contributed by atoms with Crippen LogP contribution in [-0.4, -0.2) is 18.2 Å². The number of rotatable bonds is 4. The molecule has 2 rings (SSSR count). The Balaban J connectivity index is 2.11. The Morgan fingerprint density at radius 2 is 2.22 bits per heavy atom. The van der Waals surface area contributed by atoms with Crippen LogP contribution >= 0.6 is 0 Å². The summed E-state index contributed by atoms with van der Waals surface area (Å²) in [6.45, 7) is 2.81. The Morgan fingerprint density at radius 1 is 1.44 bits per heavy atom. The third-order valence-corrected chi connectivity index (χ3v) is 3.82. The van der Waals surface area contributed by atoms with Crippen molar-refractivity contribution in [2.75, 3.05) is 6.61 Å². The predicted molar refractivity (Wildman–Crippen MR) is 69.4 cm³/mol. The maximum Gasteiger partial charge on any atom is 0.126 e. The largest absolute Gasteiger partial charge is 0.374 e. The second-order valence-corrected chi connectivity index (χ2v) is 5.13. The van der Waals surface area contributed by atoms with Crippen molar-refractivity contribution in [1.82, 2.24) is 5.43 Å². The van der Waals surface area contributed by atoms with Gasteiger partial charge >= 0.3 is 0 Å². The van der Waals surface area contributed by atoms with E-state index >= 15 is 0 Å². The van der Waals surface area contributed by atoms with Gasteiger partial charge in [0.25, 0.3) is 0 Å². The van der Waals surface area contributed by atoms with E-state index in [-0.39, 0.29) is 17.5 Å². The number of nitrogens with two attached hydrogens (primary N) is 1. The summed E-state index contributed by atoms with van der Waals surface area (Å²) in [6.07, 6.45) is 3.72. The van der Waals surface area contributed by atoms with E-state index in [9.17, 15) is 4.39 Å². The van der Waals surface area contributed by atoms with Gasteiger partial charge in [-0.05, 0) is 44.2 Å². The molecule has 1 aromatic carbocycles. The lowest BCUT2D eigenvalue weighted by Gasteiger charge is -2.40. The van der Waals surface area contributed by atoms with E-state index in [1.54, 1.807) is 12.1 Å². The molecule has 2 unspecified atom stereocenters. The smallest absolute Gasteiger partial charge is 0.126 e. The van der Waals surface area contributed by atoms with Crippen LogP contribution in [0.4, 0.5) is 4.39 Å². The zero-order chi connectivity index (χ0) is 13.0. The second kappa shape index (κ2) is 5.78. The van der Waals surface area contributed by atoms with Crippen LogP contribution in [0.15, 0.2) is 24.3 Å². The van der Waals surface area contributed by atoms with Crippen molar-refractivity contribution in [2.45, 2.75) is 44.2 Å². The molecule has 1 aliphatic heterocycles. The lowest BCUT2D eigenvalue weighted by Crippen LogP contribution is -2.55. The Labute approximate surface area is 107 Å². The van der Waals surface area contributed by atoms with Crippen molar-refractivity contribution < 1.29 is 9.13 Å². The Morgan fingerprint density at radius 3 is 2.83 bits per heavy atom. The molecule has 0 bridgehead atoms. The molecule has 100 valence electrons. The van der Waals surface area contributed by atoms with Crippen LogP contribution in [0.3, 0.4) is 0 Å². The third-order valence-electron chi connectivity index (χ3n) is 3.82. The van der Waals surface area contributed by atoms with Crippen LogP contribution in [0, 0.1) is 5.82 Å². The summed E-state index contributed by atoms with van der Waals surface area (Å²) >= 11 is 0. The van der Waals surface area contributed by atoms with Crippen LogP contribution in [0.2, 0.25) is 0 Å². The molecule has 0 radical (unpaired) electrons. The van der Waals surface area contributed by atoms with E-state index in [4.69, 9.17) is 10.6 Å². The van der Waals surface area contributed by atoms with Crippen molar-refractivity contribution in [2.24, 2.45) is 5.84 Å². The van der Waals surface area contributed by atoms with Crippen molar-refractivity contribution >= 4 is 0 Å². The minimum atomic E-state index is -0.310. The maximum absolute atomic E-state index is 13.7. The first-order chi connectivity index (χ1) is 8.65. The highest BCUT2D eigenvalue weighted by Gasteiger charge is 2.36. The molecule has 0 amide bonds. The Kier molecular flexibility index (Phi) is 4.32. The first-order valence-electron chi connectivity index (χ1n) is 6.49. The fourth-order valence-corrected chi connectivity index (χ4v) is 2.57. The number of hydrazine groups is 1. The molecule has 1 heterocycles. The van der Waals surface area contributed by atoms with Crippen LogP contribution in [-0.2, 0) is 11.2 Å². The molecule has 3 N–H and O–H groups in total. The molecule has 18 heavy (non-hydrogen) atoms. The second-order valence-electron chi connectivity index (χ2n) is 5.13. The quantitative estimate of drug-likeness (QED) is 0.637. The zero-order valence-electron chi connectivity index (χ0n) is 10.8. The van der Waals surface area contributed by atoms with Gasteiger partial charge in [-0.25, -0.2) is 4.39 Å². The number of hydrogen-bond acceptors (Lipinski definition) is 3. The summed E-state index contributed by atoms with van der Waals surface area (Å²) in [5.41, 5.74) is 3.16. The fourth-order valence-electron chi connectivity index (χ4n) is 2.57. The highest BCUT2D eigenvalue weighted by Crippen LogP contribution is 2.29. The van der Waals surface area contributed by atoms with Crippen molar-refractivity contribution in [1.29, 1.82) is 0 Å². The summed E-state index contributed by atoms with van der Waals surface area (Å²) < 4.78 is 19.5. The van der Waals surface area contributed by atoms with E-state index in [1.165, 1.54) is 6.07 Å². The normalized spacial score (nSPS) is 25.9. The summed E-state index contributed by atoms with van der Waals surface area (Å²) in [7, 11) is 0. The van der Waals surface area contributed by atoms with Gasteiger partial charge in [0.05, 0.1) is 11.6 Å². The predicted octanol–water partition coefficient (Wildman–Crippen LogP) is 2.16. The maximum atomic E-state index is 13.7. The first kappa shape index (κ1) is 13.5. The lowest BCUT2D eigenvalue weighted by atomic mass is 9.85. The lowest BCUT2D eigenvalue weighted by molar-refractivity contribution is -0.0885. The molecule has 0 aliphatic carbocycles. The molecule has 4 heteroatoms. The van der Waals surface area contributed by atoms with Crippen molar-refractivity contribution in [3.63, 3.8) is 0 Å². The van der Waals surface area contributed by atoms with Gasteiger partial charge < -0.3 is 4.74 Å². The molecule has 1 aliphatic rings. The SMILES string of the molecule is CC1(C(Cc2ccccc2F)NN)CCCCO1. The zero-order valence-corrected chi connectivity index (χ0v) is 10.8. The number of halogens is 1. The minimum Gasteiger partial charge on any atom is -0.374 e. The van der Waals surface area contributed by atoms with Crippen molar-refractivity contribution in [3.05, 3.63) is 35.6 Å². The molecule has 1 aromatic rings. The van der Waals surface area contributed by atoms with E-state index in [1.807, 2.05) is 6.07 Å². The summed E-state index contributed by atoms with van der Waals surface area (Å²) in [4.78, 5) is 0. The number of ether oxygens (including phenoxy) is 1. The van der Waals surface area contributed by atoms with Gasteiger partial charge in [0, 0.05) is 6.61 Å². The first-order valence-corrected chi connectivity index (χ1v) is 6.49. The highest BCUT2D eigenvalue weighted by molar-refractivity contribution is 5.19. The number of benzene rings is 1. The molecule has 1 fully saturated rings.